The number of likely N-dealkylation sites (N-methyl/N-ethyl adjacent to an activating group) is 1. The summed E-state index contributed by atoms with van der Waals surface area (Å²) in [6.45, 7) is 5.40. The van der Waals surface area contributed by atoms with Crippen LogP contribution in [0.1, 0.15) is 59.5 Å². The molecule has 1 N–H and O–H groups in total. The van der Waals surface area contributed by atoms with E-state index in [1.807, 2.05) is 13.8 Å². The Kier molecular flexibility index (Phi) is 6.46. The summed E-state index contributed by atoms with van der Waals surface area (Å²) in [5.74, 6) is -0.918. The number of carbonyl (C=O) groups is 3. The zero-order valence-electron chi connectivity index (χ0n) is 20.3. The van der Waals surface area contributed by atoms with E-state index in [-0.39, 0.29) is 35.4 Å². The standard InChI is InChI=1S/C25H28ClN5O5/c1-3-29-12-14(2)31-20-18(22(32)21(31)25(29)35)24(34)30-13-15-7-8-16(26)11-17(15)36-10-6-4-5-9-27-23(33)19(20)28-30/h7-8,11,14,21H,3-6,9-10,12-13H2,1-2H3,(H,27,33)/t14-,21?/m0/s1. The fourth-order valence-corrected chi connectivity index (χ4v) is 5.34. The molecule has 1 fully saturated rings. The normalized spacial score (nSPS) is 22.2. The van der Waals surface area contributed by atoms with Crippen LogP contribution in [0.3, 0.4) is 0 Å². The Morgan fingerprint density at radius 3 is 2.75 bits per heavy atom. The molecule has 2 bridgehead atoms. The first kappa shape index (κ1) is 24.3. The highest BCUT2D eigenvalue weighted by Crippen LogP contribution is 2.37. The van der Waals surface area contributed by atoms with Crippen molar-refractivity contribution in [3.63, 3.8) is 0 Å². The molecule has 3 aliphatic heterocycles. The number of nitrogens with one attached hydrogen (secondary N) is 1. The minimum atomic E-state index is -1.17. The molecule has 2 atom stereocenters. The first-order valence-electron chi connectivity index (χ1n) is 12.3. The lowest BCUT2D eigenvalue weighted by molar-refractivity contribution is -0.133. The average molecular weight is 514 g/mol. The van der Waals surface area contributed by atoms with Gasteiger partial charge in [0.2, 0.25) is 5.78 Å². The van der Waals surface area contributed by atoms with Gasteiger partial charge < -0.3 is 19.9 Å². The van der Waals surface area contributed by atoms with Gasteiger partial charge in [0.1, 0.15) is 11.3 Å². The van der Waals surface area contributed by atoms with Crippen molar-refractivity contribution in [2.45, 2.75) is 51.7 Å². The van der Waals surface area contributed by atoms with Crippen molar-refractivity contribution in [1.29, 1.82) is 0 Å². The zero-order chi connectivity index (χ0) is 25.6. The summed E-state index contributed by atoms with van der Waals surface area (Å²) >= 11 is 6.18. The van der Waals surface area contributed by atoms with Gasteiger partial charge in [0.15, 0.2) is 11.7 Å². The highest BCUT2D eigenvalue weighted by atomic mass is 35.5. The quantitative estimate of drug-likeness (QED) is 0.579. The number of piperazine rings is 1. The van der Waals surface area contributed by atoms with E-state index in [0.717, 1.165) is 23.9 Å². The van der Waals surface area contributed by atoms with Crippen molar-refractivity contribution >= 4 is 34.9 Å². The third-order valence-electron chi connectivity index (χ3n) is 6.98. The van der Waals surface area contributed by atoms with Gasteiger partial charge in [0.25, 0.3) is 17.4 Å². The third-order valence-corrected chi connectivity index (χ3v) is 7.21. The maximum atomic E-state index is 13.6. The minimum absolute atomic E-state index is 0.0264. The molecule has 190 valence electrons. The van der Waals surface area contributed by atoms with E-state index in [1.54, 1.807) is 28.0 Å². The van der Waals surface area contributed by atoms with E-state index in [1.165, 1.54) is 0 Å². The van der Waals surface area contributed by atoms with E-state index >= 15 is 0 Å². The first-order valence-corrected chi connectivity index (χ1v) is 12.7. The largest absolute Gasteiger partial charge is 0.493 e. The Bertz CT molecular complexity index is 1310. The molecule has 4 heterocycles. The van der Waals surface area contributed by atoms with Gasteiger partial charge in [-0.2, -0.15) is 5.10 Å². The molecule has 1 aromatic heterocycles. The fraction of sp³-hybridized carbons (Fsp3) is 0.480. The topological polar surface area (TPSA) is 114 Å². The summed E-state index contributed by atoms with van der Waals surface area (Å²) in [4.78, 5) is 57.0. The monoisotopic (exact) mass is 513 g/mol. The molecule has 11 heteroatoms. The van der Waals surface area contributed by atoms with Gasteiger partial charge in [-0.15, -0.1) is 0 Å². The number of hydrogen-bond acceptors (Lipinski definition) is 7. The van der Waals surface area contributed by atoms with Gasteiger partial charge in [0.05, 0.1) is 18.8 Å². The van der Waals surface area contributed by atoms with Crippen LogP contribution >= 0.6 is 11.6 Å². The molecule has 2 aromatic rings. The summed E-state index contributed by atoms with van der Waals surface area (Å²) in [7, 11) is 0. The number of fused-ring (bicyclic) bond motifs is 7. The van der Waals surface area contributed by atoms with E-state index < -0.39 is 23.3 Å². The molecule has 2 amide bonds. The number of halogens is 1. The highest BCUT2D eigenvalue weighted by molar-refractivity contribution is 6.30. The van der Waals surface area contributed by atoms with Crippen LogP contribution in [0.4, 0.5) is 5.69 Å². The van der Waals surface area contributed by atoms with E-state index in [2.05, 4.69) is 10.4 Å². The number of Topliss-reactive ketones (excluding diaryl/α,β-unsaturated/α-hetero) is 1. The number of ketones is 1. The summed E-state index contributed by atoms with van der Waals surface area (Å²) in [5.41, 5.74) is -0.0421. The number of nitrogens with zero attached hydrogens (tertiary/aromatic N) is 4. The second-order valence-corrected chi connectivity index (χ2v) is 9.79. The zero-order valence-corrected chi connectivity index (χ0v) is 21.0. The Morgan fingerprint density at radius 2 is 1.97 bits per heavy atom. The molecular weight excluding hydrogens is 486 g/mol. The number of benzene rings is 1. The van der Waals surface area contributed by atoms with Gasteiger partial charge in [-0.1, -0.05) is 17.7 Å². The number of aromatic nitrogens is 2. The predicted molar refractivity (Wildman–Crippen MR) is 133 cm³/mol. The first-order chi connectivity index (χ1) is 17.3. The Morgan fingerprint density at radius 1 is 1.17 bits per heavy atom. The van der Waals surface area contributed by atoms with Crippen LogP contribution in [-0.4, -0.2) is 70.6 Å². The van der Waals surface area contributed by atoms with Crippen LogP contribution in [0, 0.1) is 0 Å². The van der Waals surface area contributed by atoms with Crippen molar-refractivity contribution in [1.82, 2.24) is 20.0 Å². The molecule has 0 saturated carbocycles. The minimum Gasteiger partial charge on any atom is -0.493 e. The predicted octanol–water partition coefficient (Wildman–Crippen LogP) is 1.86. The summed E-state index contributed by atoms with van der Waals surface area (Å²) in [5, 5.41) is 7.80. The second kappa shape index (κ2) is 9.57. The van der Waals surface area contributed by atoms with Crippen LogP contribution in [0.2, 0.25) is 5.02 Å². The Hall–Kier alpha value is -3.40. The van der Waals surface area contributed by atoms with Crippen LogP contribution in [-0.2, 0) is 11.3 Å². The molecule has 36 heavy (non-hydrogen) atoms. The molecule has 1 unspecified atom stereocenters. The number of hydrogen-bond donors (Lipinski definition) is 1. The van der Waals surface area contributed by atoms with Crippen LogP contribution in [0.15, 0.2) is 23.0 Å². The van der Waals surface area contributed by atoms with Crippen molar-refractivity contribution in [2.75, 3.05) is 31.1 Å². The summed E-state index contributed by atoms with van der Waals surface area (Å²) in [6.07, 6.45) is 2.36. The van der Waals surface area contributed by atoms with Gasteiger partial charge in [-0.3, -0.25) is 19.2 Å². The summed E-state index contributed by atoms with van der Waals surface area (Å²) in [6, 6.07) is 3.66. The highest BCUT2D eigenvalue weighted by Gasteiger charge is 2.52. The molecule has 5 rings (SSSR count). The average Bonchev–Trinajstić information content (AvgIpc) is 3.17. The van der Waals surface area contributed by atoms with Gasteiger partial charge >= 0.3 is 0 Å². The fourth-order valence-electron chi connectivity index (χ4n) is 5.18. The third kappa shape index (κ3) is 4.03. The van der Waals surface area contributed by atoms with Gasteiger partial charge in [-0.25, -0.2) is 4.68 Å². The molecule has 0 radical (unpaired) electrons. The number of rotatable bonds is 1. The van der Waals surface area contributed by atoms with Crippen LogP contribution < -0.4 is 20.5 Å². The van der Waals surface area contributed by atoms with Crippen molar-refractivity contribution in [2.24, 2.45) is 0 Å². The van der Waals surface area contributed by atoms with Crippen molar-refractivity contribution in [3.8, 4) is 5.75 Å². The molecular formula is C25H28ClN5O5. The lowest BCUT2D eigenvalue weighted by Crippen LogP contribution is -2.61. The maximum Gasteiger partial charge on any atom is 0.280 e. The summed E-state index contributed by atoms with van der Waals surface area (Å²) < 4.78 is 7.06. The SMILES string of the molecule is CCN1C[C@H](C)N2c3c4nn(c(=O)c3C(=O)C2C1=O)Cc1ccc(Cl)cc1OCCCCCNC4=O. The van der Waals surface area contributed by atoms with Crippen LogP contribution in [0.5, 0.6) is 5.75 Å². The van der Waals surface area contributed by atoms with E-state index in [4.69, 9.17) is 16.3 Å². The molecule has 1 aromatic carbocycles. The number of amides is 2. The maximum absolute atomic E-state index is 13.6. The lowest BCUT2D eigenvalue weighted by atomic mass is 10.0. The van der Waals surface area contributed by atoms with E-state index in [9.17, 15) is 19.2 Å². The lowest BCUT2D eigenvalue weighted by Gasteiger charge is -2.42. The van der Waals surface area contributed by atoms with Crippen molar-refractivity contribution in [3.05, 3.63) is 50.4 Å². The van der Waals surface area contributed by atoms with Gasteiger partial charge in [0, 0.05) is 36.3 Å². The molecule has 0 spiro atoms. The second-order valence-electron chi connectivity index (χ2n) is 9.35. The Labute approximate surface area is 213 Å². The number of ether oxygens (including phenoxy) is 1. The van der Waals surface area contributed by atoms with E-state index in [0.29, 0.717) is 42.6 Å². The van der Waals surface area contributed by atoms with Crippen molar-refractivity contribution < 1.29 is 19.1 Å². The smallest absolute Gasteiger partial charge is 0.280 e. The molecule has 1 saturated heterocycles. The number of carbonyl (C=O) groups excluding carboxylic acids is 3. The molecule has 10 nitrogen and oxygen atoms in total. The Balaban J connectivity index is 1.69. The molecule has 0 aliphatic carbocycles. The van der Waals surface area contributed by atoms with Crippen LogP contribution in [0.25, 0.3) is 0 Å². The molecule has 3 aliphatic rings. The number of anilines is 1. The van der Waals surface area contributed by atoms with Gasteiger partial charge in [-0.05, 0) is 45.2 Å².